The fourth-order valence-corrected chi connectivity index (χ4v) is 4.09. The van der Waals surface area contributed by atoms with E-state index in [0.717, 1.165) is 11.1 Å². The number of carbonyl (C=O) groups is 2. The Morgan fingerprint density at radius 1 is 0.939 bits per heavy atom. The SMILES string of the molecule is COc1cccc(NC(=O)C[C@@H](c2ccc(OC)c(OC)c2)N2Cc3ccccc3C2=O)c1. The van der Waals surface area contributed by atoms with E-state index in [-0.39, 0.29) is 18.2 Å². The van der Waals surface area contributed by atoms with Crippen LogP contribution in [-0.2, 0) is 11.3 Å². The molecule has 0 aliphatic carbocycles. The Labute approximate surface area is 192 Å². The van der Waals surface area contributed by atoms with E-state index < -0.39 is 6.04 Å². The number of anilines is 1. The largest absolute Gasteiger partial charge is 0.497 e. The van der Waals surface area contributed by atoms with Gasteiger partial charge in [-0.25, -0.2) is 0 Å². The third-order valence-corrected chi connectivity index (χ3v) is 5.75. The molecule has 2 amide bonds. The summed E-state index contributed by atoms with van der Waals surface area (Å²) < 4.78 is 16.1. The molecule has 4 rings (SSSR count). The van der Waals surface area contributed by atoms with Gasteiger partial charge >= 0.3 is 0 Å². The minimum atomic E-state index is -0.490. The number of nitrogens with one attached hydrogen (secondary N) is 1. The second kappa shape index (κ2) is 9.65. The first-order valence-electron chi connectivity index (χ1n) is 10.6. The normalized spacial score (nSPS) is 13.3. The van der Waals surface area contributed by atoms with Crippen molar-refractivity contribution in [1.29, 1.82) is 0 Å². The van der Waals surface area contributed by atoms with Gasteiger partial charge in [-0.2, -0.15) is 0 Å². The number of fused-ring (bicyclic) bond motifs is 1. The summed E-state index contributed by atoms with van der Waals surface area (Å²) in [4.78, 5) is 28.0. The fourth-order valence-electron chi connectivity index (χ4n) is 4.09. The Balaban J connectivity index is 1.64. The highest BCUT2D eigenvalue weighted by molar-refractivity contribution is 5.99. The first kappa shape index (κ1) is 22.2. The lowest BCUT2D eigenvalue weighted by atomic mass is 10.0. The number of benzene rings is 3. The molecule has 170 valence electrons. The Kier molecular flexibility index (Phi) is 6.49. The summed E-state index contributed by atoms with van der Waals surface area (Å²) in [7, 11) is 4.70. The number of rotatable bonds is 8. The van der Waals surface area contributed by atoms with Crippen molar-refractivity contribution in [3.63, 3.8) is 0 Å². The molecular weight excluding hydrogens is 420 g/mol. The van der Waals surface area contributed by atoms with Crippen LogP contribution in [0.25, 0.3) is 0 Å². The molecule has 1 aliphatic rings. The summed E-state index contributed by atoms with van der Waals surface area (Å²) in [5.74, 6) is 1.45. The van der Waals surface area contributed by atoms with Gasteiger partial charge in [-0.1, -0.05) is 30.3 Å². The van der Waals surface area contributed by atoms with Gasteiger partial charge in [0.15, 0.2) is 11.5 Å². The van der Waals surface area contributed by atoms with Crippen LogP contribution in [0.2, 0.25) is 0 Å². The molecule has 3 aromatic rings. The van der Waals surface area contributed by atoms with Gasteiger partial charge in [0.1, 0.15) is 5.75 Å². The van der Waals surface area contributed by atoms with Gasteiger partial charge in [0, 0.05) is 23.9 Å². The zero-order valence-corrected chi connectivity index (χ0v) is 18.8. The van der Waals surface area contributed by atoms with E-state index in [1.165, 1.54) is 0 Å². The lowest BCUT2D eigenvalue weighted by Gasteiger charge is -2.28. The van der Waals surface area contributed by atoms with Crippen molar-refractivity contribution in [2.24, 2.45) is 0 Å². The third kappa shape index (κ3) is 4.62. The topological polar surface area (TPSA) is 77.1 Å². The molecule has 7 heteroatoms. The van der Waals surface area contributed by atoms with Gasteiger partial charge in [0.25, 0.3) is 5.91 Å². The first-order chi connectivity index (χ1) is 16.0. The maximum Gasteiger partial charge on any atom is 0.255 e. The molecule has 1 N–H and O–H groups in total. The van der Waals surface area contributed by atoms with Gasteiger partial charge in [0.2, 0.25) is 5.91 Å². The summed E-state index contributed by atoms with van der Waals surface area (Å²) in [6.45, 7) is 0.431. The Morgan fingerprint density at radius 3 is 2.45 bits per heavy atom. The summed E-state index contributed by atoms with van der Waals surface area (Å²) in [5.41, 5.74) is 3.02. The van der Waals surface area contributed by atoms with E-state index in [9.17, 15) is 9.59 Å². The van der Waals surface area contributed by atoms with Crippen LogP contribution in [0.1, 0.15) is 33.9 Å². The van der Waals surface area contributed by atoms with Crippen molar-refractivity contribution >= 4 is 17.5 Å². The molecule has 0 bridgehead atoms. The third-order valence-electron chi connectivity index (χ3n) is 5.75. The molecule has 33 heavy (non-hydrogen) atoms. The Hall–Kier alpha value is -4.00. The number of hydrogen-bond donors (Lipinski definition) is 1. The van der Waals surface area contributed by atoms with Crippen LogP contribution in [0, 0.1) is 0 Å². The summed E-state index contributed by atoms with van der Waals surface area (Å²) in [6, 6.07) is 19.7. The molecule has 0 saturated heterocycles. The molecule has 0 saturated carbocycles. The Bertz CT molecular complexity index is 1180. The minimum Gasteiger partial charge on any atom is -0.497 e. The van der Waals surface area contributed by atoms with Gasteiger partial charge in [0.05, 0.1) is 33.8 Å². The molecule has 1 atom stereocenters. The molecule has 0 aromatic heterocycles. The molecular formula is C26H26N2O5. The number of carbonyl (C=O) groups excluding carboxylic acids is 2. The molecule has 3 aromatic carbocycles. The van der Waals surface area contributed by atoms with Crippen LogP contribution in [0.15, 0.2) is 66.7 Å². The molecule has 0 radical (unpaired) electrons. The van der Waals surface area contributed by atoms with E-state index in [1.807, 2.05) is 42.5 Å². The number of nitrogens with zero attached hydrogens (tertiary/aromatic N) is 1. The van der Waals surface area contributed by atoms with Gasteiger partial charge < -0.3 is 24.4 Å². The molecule has 0 spiro atoms. The summed E-state index contributed by atoms with van der Waals surface area (Å²) in [5, 5.41) is 2.91. The first-order valence-corrected chi connectivity index (χ1v) is 10.6. The summed E-state index contributed by atoms with van der Waals surface area (Å²) in [6.07, 6.45) is 0.0758. The predicted molar refractivity (Wildman–Crippen MR) is 125 cm³/mol. The van der Waals surface area contributed by atoms with Crippen molar-refractivity contribution in [3.8, 4) is 17.2 Å². The number of amides is 2. The van der Waals surface area contributed by atoms with E-state index in [2.05, 4.69) is 5.32 Å². The van der Waals surface area contributed by atoms with E-state index >= 15 is 0 Å². The molecule has 1 heterocycles. The maximum atomic E-state index is 13.2. The van der Waals surface area contributed by atoms with Crippen LogP contribution in [0.5, 0.6) is 17.2 Å². The second-order valence-electron chi connectivity index (χ2n) is 7.70. The van der Waals surface area contributed by atoms with Gasteiger partial charge in [-0.05, 0) is 41.5 Å². The highest BCUT2D eigenvalue weighted by atomic mass is 16.5. The average Bonchev–Trinajstić information content (AvgIpc) is 3.18. The van der Waals surface area contributed by atoms with Crippen LogP contribution in [0.4, 0.5) is 5.69 Å². The molecule has 0 fully saturated rings. The zero-order valence-electron chi connectivity index (χ0n) is 18.8. The summed E-state index contributed by atoms with van der Waals surface area (Å²) >= 11 is 0. The quantitative estimate of drug-likeness (QED) is 0.554. The van der Waals surface area contributed by atoms with Gasteiger partial charge in [-0.3, -0.25) is 9.59 Å². The number of methoxy groups -OCH3 is 3. The predicted octanol–water partition coefficient (Wildman–Crippen LogP) is 4.44. The lowest BCUT2D eigenvalue weighted by Crippen LogP contribution is -2.32. The Morgan fingerprint density at radius 2 is 1.73 bits per heavy atom. The molecule has 7 nitrogen and oxygen atoms in total. The minimum absolute atomic E-state index is 0.0758. The van der Waals surface area contributed by atoms with Crippen molar-refractivity contribution in [3.05, 3.63) is 83.4 Å². The maximum absolute atomic E-state index is 13.2. The van der Waals surface area contributed by atoms with Crippen LogP contribution < -0.4 is 19.5 Å². The smallest absolute Gasteiger partial charge is 0.255 e. The zero-order chi connectivity index (χ0) is 23.4. The molecule has 1 aliphatic heterocycles. The number of ether oxygens (including phenoxy) is 3. The van der Waals surface area contributed by atoms with E-state index in [0.29, 0.717) is 35.0 Å². The van der Waals surface area contributed by atoms with Crippen molar-refractivity contribution < 1.29 is 23.8 Å². The second-order valence-corrected chi connectivity index (χ2v) is 7.70. The van der Waals surface area contributed by atoms with Crippen molar-refractivity contribution in [2.75, 3.05) is 26.6 Å². The van der Waals surface area contributed by atoms with Crippen molar-refractivity contribution in [2.45, 2.75) is 19.0 Å². The monoisotopic (exact) mass is 446 g/mol. The van der Waals surface area contributed by atoms with E-state index in [1.54, 1.807) is 50.5 Å². The highest BCUT2D eigenvalue weighted by Gasteiger charge is 2.34. The lowest BCUT2D eigenvalue weighted by molar-refractivity contribution is -0.117. The standard InChI is InChI=1S/C26H26N2O5/c1-31-20-9-6-8-19(14-20)27-25(29)15-22(17-11-12-23(32-2)24(13-17)33-3)28-16-18-7-4-5-10-21(18)26(28)30/h4-14,22H,15-16H2,1-3H3,(H,27,29)/t22-/m0/s1. The fraction of sp³-hybridized carbons (Fsp3) is 0.231. The average molecular weight is 447 g/mol. The van der Waals surface area contributed by atoms with Crippen LogP contribution >= 0.6 is 0 Å². The van der Waals surface area contributed by atoms with Crippen LogP contribution in [-0.4, -0.2) is 38.0 Å². The van der Waals surface area contributed by atoms with Crippen LogP contribution in [0.3, 0.4) is 0 Å². The van der Waals surface area contributed by atoms with Crippen molar-refractivity contribution in [1.82, 2.24) is 4.90 Å². The van der Waals surface area contributed by atoms with Gasteiger partial charge in [-0.15, -0.1) is 0 Å². The molecule has 0 unspecified atom stereocenters. The number of hydrogen-bond acceptors (Lipinski definition) is 5. The van der Waals surface area contributed by atoms with E-state index in [4.69, 9.17) is 14.2 Å². The highest BCUT2D eigenvalue weighted by Crippen LogP contribution is 2.37.